The molecule has 1 nitrogen and oxygen atoms in total. The summed E-state index contributed by atoms with van der Waals surface area (Å²) in [5.41, 5.74) is 2.10. The quantitative estimate of drug-likeness (QED) is 0.345. The minimum Gasteiger partial charge on any atom is -0.373 e. The molecule has 3 heteroatoms. The summed E-state index contributed by atoms with van der Waals surface area (Å²) in [7, 11) is 0. The van der Waals surface area contributed by atoms with Gasteiger partial charge in [-0.1, -0.05) is 46.3 Å². The highest BCUT2D eigenvalue weighted by Gasteiger charge is 2.04. The Bertz CT molecular complexity index is 328. The molecular formula is C12H14IOP. The van der Waals surface area contributed by atoms with E-state index in [2.05, 4.69) is 34.9 Å². The zero-order valence-corrected chi connectivity index (χ0v) is 11.8. The van der Waals surface area contributed by atoms with Crippen LogP contribution in [0.2, 0.25) is 0 Å². The molecule has 0 aliphatic heterocycles. The molecule has 1 aromatic rings. The normalized spacial score (nSPS) is 12.9. The van der Waals surface area contributed by atoms with Crippen LogP contribution in [0, 0.1) is 12.3 Å². The third kappa shape index (κ3) is 4.51. The molecule has 0 radical (unpaired) electrons. The summed E-state index contributed by atoms with van der Waals surface area (Å²) in [6.45, 7) is 2.90. The predicted octanol–water partition coefficient (Wildman–Crippen LogP) is 3.77. The fraction of sp³-hybridized carbons (Fsp3) is 0.333. The monoisotopic (exact) mass is 332 g/mol. The van der Waals surface area contributed by atoms with Crippen molar-refractivity contribution in [1.29, 1.82) is 0 Å². The third-order valence-corrected chi connectivity index (χ3v) is 4.12. The van der Waals surface area contributed by atoms with E-state index in [4.69, 9.17) is 11.2 Å². The molecular weight excluding hydrogens is 318 g/mol. The van der Waals surface area contributed by atoms with Crippen LogP contribution in [0.3, 0.4) is 0 Å². The van der Waals surface area contributed by atoms with Crippen LogP contribution < -0.4 is 0 Å². The standard InChI is InChI=1S/C12H14IOP/c1-3-11-4-6-12(7-5-11)10(2)14-8-9-15-13/h1,4-7,10,15H,8-9H2,2H3. The van der Waals surface area contributed by atoms with E-state index in [9.17, 15) is 0 Å². The van der Waals surface area contributed by atoms with Gasteiger partial charge >= 0.3 is 0 Å². The van der Waals surface area contributed by atoms with Crippen LogP contribution >= 0.6 is 28.3 Å². The number of benzene rings is 1. The molecule has 0 spiro atoms. The van der Waals surface area contributed by atoms with E-state index < -0.39 is 0 Å². The molecule has 2 atom stereocenters. The van der Waals surface area contributed by atoms with Gasteiger partial charge < -0.3 is 4.74 Å². The molecule has 0 aromatic heterocycles. The molecule has 80 valence electrons. The highest BCUT2D eigenvalue weighted by atomic mass is 127. The van der Waals surface area contributed by atoms with Crippen molar-refractivity contribution in [3.63, 3.8) is 0 Å². The first kappa shape index (κ1) is 13.0. The smallest absolute Gasteiger partial charge is 0.0796 e. The number of rotatable bonds is 5. The molecule has 0 N–H and O–H groups in total. The lowest BCUT2D eigenvalue weighted by Crippen LogP contribution is -2.02. The van der Waals surface area contributed by atoms with Crippen LogP contribution in [0.4, 0.5) is 0 Å². The molecule has 15 heavy (non-hydrogen) atoms. The Morgan fingerprint density at radius 2 is 2.13 bits per heavy atom. The van der Waals surface area contributed by atoms with Crippen molar-refractivity contribution in [1.82, 2.24) is 0 Å². The van der Waals surface area contributed by atoms with Gasteiger partial charge in [-0.25, -0.2) is 0 Å². The summed E-state index contributed by atoms with van der Waals surface area (Å²) in [5, 5.41) is 0. The van der Waals surface area contributed by atoms with Crippen molar-refractivity contribution in [2.45, 2.75) is 13.0 Å². The minimum atomic E-state index is 0.157. The number of terminal acetylenes is 1. The molecule has 0 fully saturated rings. The molecule has 0 bridgehead atoms. The van der Waals surface area contributed by atoms with Crippen LogP contribution in [0.5, 0.6) is 0 Å². The Balaban J connectivity index is 2.51. The molecule has 0 aliphatic carbocycles. The maximum atomic E-state index is 5.69. The zero-order valence-electron chi connectivity index (χ0n) is 8.66. The van der Waals surface area contributed by atoms with Gasteiger partial charge in [0.2, 0.25) is 0 Å². The number of halogens is 1. The predicted molar refractivity (Wildman–Crippen MR) is 75.9 cm³/mol. The molecule has 0 amide bonds. The van der Waals surface area contributed by atoms with Crippen molar-refractivity contribution in [3.05, 3.63) is 35.4 Å². The topological polar surface area (TPSA) is 9.23 Å². The first-order valence-electron chi connectivity index (χ1n) is 4.79. The van der Waals surface area contributed by atoms with Crippen molar-refractivity contribution in [3.8, 4) is 12.3 Å². The molecule has 0 heterocycles. The maximum Gasteiger partial charge on any atom is 0.0796 e. The number of hydrogen-bond donors (Lipinski definition) is 0. The van der Waals surface area contributed by atoms with Crippen molar-refractivity contribution in [2.24, 2.45) is 0 Å². The van der Waals surface area contributed by atoms with Gasteiger partial charge in [0.1, 0.15) is 0 Å². The highest BCUT2D eigenvalue weighted by molar-refractivity contribution is 14.2. The highest BCUT2D eigenvalue weighted by Crippen LogP contribution is 2.22. The van der Waals surface area contributed by atoms with Crippen LogP contribution in [0.25, 0.3) is 0 Å². The first-order valence-corrected chi connectivity index (χ1v) is 9.11. The largest absolute Gasteiger partial charge is 0.373 e. The second kappa shape index (κ2) is 7.22. The van der Waals surface area contributed by atoms with Gasteiger partial charge in [0, 0.05) is 5.56 Å². The van der Waals surface area contributed by atoms with E-state index in [1.54, 1.807) is 0 Å². The molecule has 2 unspecified atom stereocenters. The lowest BCUT2D eigenvalue weighted by atomic mass is 10.1. The van der Waals surface area contributed by atoms with E-state index in [1.807, 2.05) is 24.3 Å². The maximum absolute atomic E-state index is 5.69. The van der Waals surface area contributed by atoms with E-state index in [0.717, 1.165) is 24.6 Å². The Kier molecular flexibility index (Phi) is 6.24. The van der Waals surface area contributed by atoms with Gasteiger partial charge in [-0.15, -0.1) is 6.42 Å². The summed E-state index contributed by atoms with van der Waals surface area (Å²) in [5.74, 6) is 2.60. The Morgan fingerprint density at radius 1 is 1.47 bits per heavy atom. The van der Waals surface area contributed by atoms with Gasteiger partial charge in [0.05, 0.1) is 12.7 Å². The molecule has 1 rings (SSSR count). The van der Waals surface area contributed by atoms with Crippen LogP contribution in [-0.2, 0) is 4.74 Å². The summed E-state index contributed by atoms with van der Waals surface area (Å²) < 4.78 is 5.69. The summed E-state index contributed by atoms with van der Waals surface area (Å²) >= 11 is 2.38. The minimum absolute atomic E-state index is 0.157. The number of hydrogen-bond acceptors (Lipinski definition) is 1. The van der Waals surface area contributed by atoms with Gasteiger partial charge in [-0.05, 0) is 30.8 Å². The van der Waals surface area contributed by atoms with Crippen LogP contribution in [-0.4, -0.2) is 12.8 Å². The van der Waals surface area contributed by atoms with Crippen LogP contribution in [0.15, 0.2) is 24.3 Å². The van der Waals surface area contributed by atoms with Gasteiger partial charge in [-0.3, -0.25) is 0 Å². The fourth-order valence-corrected chi connectivity index (χ4v) is 2.08. The summed E-state index contributed by atoms with van der Waals surface area (Å²) in [6, 6.07) is 7.98. The van der Waals surface area contributed by atoms with E-state index in [-0.39, 0.29) is 6.10 Å². The van der Waals surface area contributed by atoms with Gasteiger partial charge in [0.15, 0.2) is 0 Å². The second-order valence-corrected chi connectivity index (χ2v) is 6.22. The Labute approximate surface area is 106 Å². The lowest BCUT2D eigenvalue weighted by Gasteiger charge is -2.12. The average Bonchev–Trinajstić information content (AvgIpc) is 2.29. The Hall–Kier alpha value is -0.100. The van der Waals surface area contributed by atoms with Crippen LogP contribution in [0.1, 0.15) is 24.2 Å². The third-order valence-electron chi connectivity index (χ3n) is 2.11. The second-order valence-electron chi connectivity index (χ2n) is 3.16. The SMILES string of the molecule is C#Cc1ccc(C(C)OCCPI)cc1. The van der Waals surface area contributed by atoms with Crippen molar-refractivity contribution < 1.29 is 4.74 Å². The molecule has 0 saturated carbocycles. The van der Waals surface area contributed by atoms with Crippen molar-refractivity contribution in [2.75, 3.05) is 12.8 Å². The van der Waals surface area contributed by atoms with Gasteiger partial charge in [-0.2, -0.15) is 0 Å². The average molecular weight is 332 g/mol. The Morgan fingerprint density at radius 3 is 2.67 bits per heavy atom. The van der Waals surface area contributed by atoms with E-state index >= 15 is 0 Å². The molecule has 0 aliphatic rings. The number of ether oxygens (including phenoxy) is 1. The van der Waals surface area contributed by atoms with Crippen molar-refractivity contribution >= 4 is 28.3 Å². The first-order chi connectivity index (χ1) is 7.27. The van der Waals surface area contributed by atoms with Gasteiger partial charge in [0.25, 0.3) is 0 Å². The summed E-state index contributed by atoms with van der Waals surface area (Å²) in [4.78, 5) is 0. The zero-order chi connectivity index (χ0) is 11.1. The van der Waals surface area contributed by atoms with E-state index in [0.29, 0.717) is 0 Å². The lowest BCUT2D eigenvalue weighted by molar-refractivity contribution is 0.0783. The molecule has 0 saturated heterocycles. The summed E-state index contributed by atoms with van der Waals surface area (Å²) in [6.07, 6.45) is 7.51. The molecule has 1 aromatic carbocycles. The van der Waals surface area contributed by atoms with E-state index in [1.165, 1.54) is 5.56 Å². The fourth-order valence-electron chi connectivity index (χ4n) is 1.22.